The molecule has 1 spiro atoms. The molecule has 2 aliphatic heterocycles. The number of likely N-dealkylation sites (tertiary alicyclic amines) is 1. The lowest BCUT2D eigenvalue weighted by molar-refractivity contribution is -0.0272. The lowest BCUT2D eigenvalue weighted by Crippen LogP contribution is -2.52. The van der Waals surface area contributed by atoms with Crippen LogP contribution in [0.25, 0.3) is 10.4 Å². The van der Waals surface area contributed by atoms with Crippen molar-refractivity contribution in [1.29, 1.82) is 0 Å². The average Bonchev–Trinajstić information content (AvgIpc) is 3.31. The van der Waals surface area contributed by atoms with E-state index in [0.29, 0.717) is 18.1 Å². The van der Waals surface area contributed by atoms with Gasteiger partial charge in [-0.25, -0.2) is 18.2 Å². The molecule has 0 N–H and O–H groups in total. The third-order valence-electron chi connectivity index (χ3n) is 6.97. The number of hydrogen-bond acceptors (Lipinski definition) is 7. The van der Waals surface area contributed by atoms with E-state index in [0.717, 1.165) is 53.0 Å². The van der Waals surface area contributed by atoms with Crippen molar-refractivity contribution in [2.75, 3.05) is 13.1 Å². The molecule has 3 aromatic rings. The van der Waals surface area contributed by atoms with E-state index in [9.17, 15) is 13.2 Å². The number of piperidine rings is 1. The van der Waals surface area contributed by atoms with Gasteiger partial charge in [-0.2, -0.15) is 0 Å². The van der Waals surface area contributed by atoms with Crippen LogP contribution in [0.1, 0.15) is 56.2 Å². The smallest absolute Gasteiger partial charge is 0.410 e. The predicted octanol–water partition coefficient (Wildman–Crippen LogP) is 6.02. The van der Waals surface area contributed by atoms with Crippen LogP contribution >= 0.6 is 11.3 Å². The molecule has 2 aliphatic rings. The molecule has 1 fully saturated rings. The number of aromatic nitrogens is 1. The van der Waals surface area contributed by atoms with Gasteiger partial charge in [-0.1, -0.05) is 30.3 Å². The highest BCUT2D eigenvalue weighted by Crippen LogP contribution is 2.41. The van der Waals surface area contributed by atoms with Crippen molar-refractivity contribution < 1.29 is 22.7 Å². The van der Waals surface area contributed by atoms with Crippen LogP contribution in [0, 0.1) is 0 Å². The number of carbonyl (C=O) groups excluding carboxylic acids is 1. The molecule has 0 bridgehead atoms. The maximum Gasteiger partial charge on any atom is 0.410 e. The maximum absolute atomic E-state index is 12.7. The molecular weight excluding hydrogens is 520 g/mol. The molecule has 0 atom stereocenters. The van der Waals surface area contributed by atoms with Crippen LogP contribution in [0.3, 0.4) is 0 Å². The monoisotopic (exact) mass is 554 g/mol. The Balaban J connectivity index is 1.22. The van der Waals surface area contributed by atoms with E-state index in [-0.39, 0.29) is 23.2 Å². The number of hydrogen-bond donors (Lipinski definition) is 0. The first-order valence-corrected chi connectivity index (χ1v) is 15.6. The minimum absolute atomic E-state index is 0.0101. The number of sulfone groups is 1. The van der Waals surface area contributed by atoms with Gasteiger partial charge in [-0.05, 0) is 68.5 Å². The summed E-state index contributed by atoms with van der Waals surface area (Å²) in [5.41, 5.74) is 2.20. The molecule has 1 saturated heterocycles. The van der Waals surface area contributed by atoms with Gasteiger partial charge in [0.15, 0.2) is 9.84 Å². The predicted molar refractivity (Wildman–Crippen MR) is 149 cm³/mol. The van der Waals surface area contributed by atoms with E-state index in [4.69, 9.17) is 9.47 Å². The lowest BCUT2D eigenvalue weighted by Gasteiger charge is -2.44. The lowest BCUT2D eigenvalue weighted by atomic mass is 9.83. The molecule has 0 radical (unpaired) electrons. The van der Waals surface area contributed by atoms with E-state index in [1.54, 1.807) is 11.1 Å². The topological polar surface area (TPSA) is 85.8 Å². The number of thiazole rings is 1. The molecule has 1 aromatic heterocycles. The highest BCUT2D eigenvalue weighted by atomic mass is 32.2. The molecule has 5 rings (SSSR count). The Morgan fingerprint density at radius 2 is 1.82 bits per heavy atom. The van der Waals surface area contributed by atoms with Crippen LogP contribution in [-0.2, 0) is 32.5 Å². The highest BCUT2D eigenvalue weighted by molar-refractivity contribution is 7.90. The van der Waals surface area contributed by atoms with Crippen LogP contribution < -0.4 is 4.74 Å². The number of amides is 1. The van der Waals surface area contributed by atoms with Crippen molar-refractivity contribution in [1.82, 2.24) is 9.88 Å². The molecule has 7 nitrogen and oxygen atoms in total. The zero-order valence-corrected chi connectivity index (χ0v) is 23.7. The summed E-state index contributed by atoms with van der Waals surface area (Å²) < 4.78 is 37.5. The first-order chi connectivity index (χ1) is 18.0. The summed E-state index contributed by atoms with van der Waals surface area (Å²) in [5.74, 6) is 0.834. The quantitative estimate of drug-likeness (QED) is 0.383. The van der Waals surface area contributed by atoms with Gasteiger partial charge < -0.3 is 14.4 Å². The van der Waals surface area contributed by atoms with Gasteiger partial charge >= 0.3 is 6.09 Å². The standard InChI is InChI=1S/C29H34N2O5S2/c1-28(2,3)36-27(32)31-15-13-29(14-16-31)12-11-22-17-23(9-10-24(22)35-29)25-18-30-26(37-25)20-38(33,34)19-21-7-5-4-6-8-21/h4-10,17-18H,11-16,19-20H2,1-3H3. The van der Waals surface area contributed by atoms with Gasteiger partial charge in [-0.15, -0.1) is 11.3 Å². The second kappa shape index (κ2) is 10.3. The van der Waals surface area contributed by atoms with Crippen molar-refractivity contribution in [2.45, 2.75) is 69.2 Å². The summed E-state index contributed by atoms with van der Waals surface area (Å²) in [6.45, 7) is 6.89. The fourth-order valence-corrected chi connectivity index (χ4v) is 7.76. The van der Waals surface area contributed by atoms with E-state index in [1.165, 1.54) is 11.3 Å². The van der Waals surface area contributed by atoms with Gasteiger partial charge in [0.05, 0.1) is 10.6 Å². The third-order valence-corrected chi connectivity index (χ3v) is 9.69. The summed E-state index contributed by atoms with van der Waals surface area (Å²) in [4.78, 5) is 19.6. The van der Waals surface area contributed by atoms with Crippen LogP contribution in [0.5, 0.6) is 5.75 Å². The molecule has 202 valence electrons. The normalized spacial score (nSPS) is 17.1. The van der Waals surface area contributed by atoms with Crippen LogP contribution in [0.4, 0.5) is 4.79 Å². The van der Waals surface area contributed by atoms with Crippen molar-refractivity contribution in [3.05, 3.63) is 70.9 Å². The molecule has 3 heterocycles. The Hall–Kier alpha value is -2.91. The van der Waals surface area contributed by atoms with Crippen LogP contribution in [0.15, 0.2) is 54.7 Å². The van der Waals surface area contributed by atoms with E-state index < -0.39 is 15.4 Å². The number of benzene rings is 2. The van der Waals surface area contributed by atoms with Crippen LogP contribution in [-0.4, -0.2) is 48.7 Å². The number of nitrogens with zero attached hydrogens (tertiary/aromatic N) is 2. The molecule has 2 aromatic carbocycles. The Morgan fingerprint density at radius 3 is 2.53 bits per heavy atom. The molecule has 0 saturated carbocycles. The summed E-state index contributed by atoms with van der Waals surface area (Å²) in [5, 5.41) is 0.598. The minimum Gasteiger partial charge on any atom is -0.487 e. The highest BCUT2D eigenvalue weighted by Gasteiger charge is 2.41. The van der Waals surface area contributed by atoms with Crippen LogP contribution in [0.2, 0.25) is 0 Å². The Kier molecular flexibility index (Phi) is 7.26. The molecule has 0 aliphatic carbocycles. The van der Waals surface area contributed by atoms with E-state index in [1.807, 2.05) is 63.2 Å². The largest absolute Gasteiger partial charge is 0.487 e. The number of rotatable bonds is 5. The average molecular weight is 555 g/mol. The number of fused-ring (bicyclic) bond motifs is 1. The second-order valence-corrected chi connectivity index (χ2v) is 14.4. The van der Waals surface area contributed by atoms with E-state index >= 15 is 0 Å². The first kappa shape index (κ1) is 26.7. The second-order valence-electron chi connectivity index (χ2n) is 11.2. The van der Waals surface area contributed by atoms with Gasteiger partial charge in [0.25, 0.3) is 0 Å². The number of ether oxygens (including phenoxy) is 2. The molecule has 9 heteroatoms. The molecule has 38 heavy (non-hydrogen) atoms. The Labute approximate surface area is 228 Å². The maximum atomic E-state index is 12.7. The minimum atomic E-state index is -3.31. The Morgan fingerprint density at radius 1 is 1.08 bits per heavy atom. The molecule has 1 amide bonds. The fourth-order valence-electron chi connectivity index (χ4n) is 5.03. The van der Waals surface area contributed by atoms with Crippen molar-refractivity contribution in [2.24, 2.45) is 0 Å². The molecular formula is C29H34N2O5S2. The SMILES string of the molecule is CC(C)(C)OC(=O)N1CCC2(CCc3cc(-c4cnc(CS(=O)(=O)Cc5ccccc5)s4)ccc3O2)CC1. The Bertz CT molecular complexity index is 1400. The fraction of sp³-hybridized carbons (Fsp3) is 0.448. The summed E-state index contributed by atoms with van der Waals surface area (Å²) in [6.07, 6.45) is 4.86. The zero-order valence-electron chi connectivity index (χ0n) is 22.1. The number of carbonyl (C=O) groups is 1. The van der Waals surface area contributed by atoms with Gasteiger partial charge in [0.2, 0.25) is 0 Å². The van der Waals surface area contributed by atoms with Gasteiger partial charge in [0.1, 0.15) is 27.7 Å². The van der Waals surface area contributed by atoms with Crippen molar-refractivity contribution in [3.8, 4) is 16.2 Å². The summed E-state index contributed by atoms with van der Waals surface area (Å²) in [6, 6.07) is 15.4. The number of aryl methyl sites for hydroxylation is 1. The van der Waals surface area contributed by atoms with Gasteiger partial charge in [0, 0.05) is 32.1 Å². The van der Waals surface area contributed by atoms with Crippen molar-refractivity contribution in [3.63, 3.8) is 0 Å². The third kappa shape index (κ3) is 6.38. The first-order valence-electron chi connectivity index (χ1n) is 13.0. The summed E-state index contributed by atoms with van der Waals surface area (Å²) >= 11 is 1.42. The van der Waals surface area contributed by atoms with Crippen molar-refractivity contribution >= 4 is 27.3 Å². The molecule has 0 unspecified atom stereocenters. The van der Waals surface area contributed by atoms with E-state index in [2.05, 4.69) is 11.1 Å². The summed E-state index contributed by atoms with van der Waals surface area (Å²) in [7, 11) is -3.31. The zero-order chi connectivity index (χ0) is 27.0. The van der Waals surface area contributed by atoms with Gasteiger partial charge in [-0.3, -0.25) is 0 Å².